The van der Waals surface area contributed by atoms with Crippen molar-refractivity contribution in [2.75, 3.05) is 20.0 Å². The van der Waals surface area contributed by atoms with Crippen molar-refractivity contribution in [1.82, 2.24) is 4.98 Å². The Bertz CT molecular complexity index is 599. The molecule has 0 saturated carbocycles. The van der Waals surface area contributed by atoms with Crippen LogP contribution in [0.3, 0.4) is 0 Å². The van der Waals surface area contributed by atoms with Gasteiger partial charge in [-0.15, -0.1) is 0 Å². The van der Waals surface area contributed by atoms with Crippen LogP contribution in [0.15, 0.2) is 12.1 Å². The van der Waals surface area contributed by atoms with Gasteiger partial charge >= 0.3 is 0 Å². The number of nitrogens with two attached hydrogens (primary N) is 1. The minimum absolute atomic E-state index is 0.504. The van der Waals surface area contributed by atoms with E-state index >= 15 is 0 Å². The van der Waals surface area contributed by atoms with Gasteiger partial charge in [0.1, 0.15) is 22.8 Å². The fraction of sp³-hybridized carbons (Fsp3) is 0.308. The maximum atomic E-state index is 6.29. The Balaban J connectivity index is 2.86. The number of aryl methyl sites for hydroxylation is 1. The first kappa shape index (κ1) is 12.8. The molecule has 0 spiro atoms. The van der Waals surface area contributed by atoms with Crippen LogP contribution in [0.4, 0.5) is 5.82 Å². The Morgan fingerprint density at radius 1 is 1.22 bits per heavy atom. The van der Waals surface area contributed by atoms with Gasteiger partial charge in [-0.05, 0) is 18.1 Å². The SMILES string of the molecule is CCc1cc2c(Cl)c(OC)cc(OC)c2nc1N. The topological polar surface area (TPSA) is 57.4 Å². The number of aromatic nitrogens is 1. The number of anilines is 1. The van der Waals surface area contributed by atoms with Crippen molar-refractivity contribution in [1.29, 1.82) is 0 Å². The molecule has 96 valence electrons. The van der Waals surface area contributed by atoms with E-state index in [9.17, 15) is 0 Å². The van der Waals surface area contributed by atoms with Crippen molar-refractivity contribution in [3.05, 3.63) is 22.7 Å². The maximum absolute atomic E-state index is 6.29. The smallest absolute Gasteiger partial charge is 0.148 e. The van der Waals surface area contributed by atoms with Crippen LogP contribution in [0.5, 0.6) is 11.5 Å². The minimum atomic E-state index is 0.504. The molecule has 0 unspecified atom stereocenters. The molecule has 0 radical (unpaired) electrons. The maximum Gasteiger partial charge on any atom is 0.148 e. The Hall–Kier alpha value is -1.68. The molecule has 2 aromatic rings. The molecule has 4 nitrogen and oxygen atoms in total. The number of hydrogen-bond acceptors (Lipinski definition) is 4. The molecule has 1 heterocycles. The summed E-state index contributed by atoms with van der Waals surface area (Å²) >= 11 is 6.29. The standard InChI is InChI=1S/C13H15ClN2O2/c1-4-7-5-8-11(14)9(17-2)6-10(18-3)12(8)16-13(7)15/h5-6H,4H2,1-3H3,(H2,15,16). The van der Waals surface area contributed by atoms with E-state index in [1.807, 2.05) is 13.0 Å². The van der Waals surface area contributed by atoms with Crippen molar-refractivity contribution in [3.8, 4) is 11.5 Å². The number of nitrogens with zero attached hydrogens (tertiary/aromatic N) is 1. The molecule has 2 N–H and O–H groups in total. The van der Waals surface area contributed by atoms with Gasteiger partial charge < -0.3 is 15.2 Å². The molecule has 0 fully saturated rings. The summed E-state index contributed by atoms with van der Waals surface area (Å²) in [6.45, 7) is 2.02. The number of halogens is 1. The van der Waals surface area contributed by atoms with Gasteiger partial charge in [0.2, 0.25) is 0 Å². The number of benzene rings is 1. The summed E-state index contributed by atoms with van der Waals surface area (Å²) in [7, 11) is 3.14. The quantitative estimate of drug-likeness (QED) is 0.928. The first-order valence-corrected chi connectivity index (χ1v) is 5.99. The summed E-state index contributed by atoms with van der Waals surface area (Å²) in [5, 5.41) is 1.31. The van der Waals surface area contributed by atoms with Gasteiger partial charge in [0.25, 0.3) is 0 Å². The van der Waals surface area contributed by atoms with E-state index in [1.165, 1.54) is 0 Å². The summed E-state index contributed by atoms with van der Waals surface area (Å²) in [6.07, 6.45) is 0.796. The second-order valence-electron chi connectivity index (χ2n) is 3.88. The zero-order valence-corrected chi connectivity index (χ0v) is 11.3. The van der Waals surface area contributed by atoms with E-state index in [0.717, 1.165) is 17.4 Å². The summed E-state index contributed by atoms with van der Waals surface area (Å²) in [6, 6.07) is 3.65. The number of nitrogen functional groups attached to an aromatic ring is 1. The number of pyridine rings is 1. The van der Waals surface area contributed by atoms with Gasteiger partial charge in [-0.2, -0.15) is 0 Å². The summed E-state index contributed by atoms with van der Waals surface area (Å²) in [4.78, 5) is 4.37. The molecule has 0 amide bonds. The molecule has 0 aliphatic carbocycles. The van der Waals surface area contributed by atoms with Crippen LogP contribution >= 0.6 is 11.6 Å². The van der Waals surface area contributed by atoms with Gasteiger partial charge in [0, 0.05) is 11.5 Å². The first-order valence-electron chi connectivity index (χ1n) is 5.61. The molecule has 0 aliphatic heterocycles. The second kappa shape index (κ2) is 4.90. The van der Waals surface area contributed by atoms with Crippen LogP contribution in [0.25, 0.3) is 10.9 Å². The van der Waals surface area contributed by atoms with Crippen LogP contribution in [0, 0.1) is 0 Å². The van der Waals surface area contributed by atoms with Gasteiger partial charge in [0.15, 0.2) is 0 Å². The van der Waals surface area contributed by atoms with Crippen LogP contribution in [-0.4, -0.2) is 19.2 Å². The lowest BCUT2D eigenvalue weighted by Crippen LogP contribution is -1.99. The van der Waals surface area contributed by atoms with Gasteiger partial charge in [-0.3, -0.25) is 0 Å². The molecule has 2 rings (SSSR count). The van der Waals surface area contributed by atoms with Crippen LogP contribution in [0.2, 0.25) is 5.02 Å². The van der Waals surface area contributed by atoms with Crippen molar-refractivity contribution in [3.63, 3.8) is 0 Å². The number of ether oxygens (including phenoxy) is 2. The third-order valence-electron chi connectivity index (χ3n) is 2.90. The lowest BCUT2D eigenvalue weighted by molar-refractivity contribution is 0.397. The molecular weight excluding hydrogens is 252 g/mol. The Morgan fingerprint density at radius 3 is 2.44 bits per heavy atom. The molecule has 0 saturated heterocycles. The highest BCUT2D eigenvalue weighted by Gasteiger charge is 2.15. The third kappa shape index (κ3) is 1.93. The van der Waals surface area contributed by atoms with E-state index < -0.39 is 0 Å². The summed E-state index contributed by atoms with van der Waals surface area (Å²) < 4.78 is 10.5. The Kier molecular flexibility index (Phi) is 3.48. The highest BCUT2D eigenvalue weighted by atomic mass is 35.5. The molecule has 18 heavy (non-hydrogen) atoms. The summed E-state index contributed by atoms with van der Waals surface area (Å²) in [5.74, 6) is 1.67. The van der Waals surface area contributed by atoms with Crippen molar-refractivity contribution < 1.29 is 9.47 Å². The number of hydrogen-bond donors (Lipinski definition) is 1. The van der Waals surface area contributed by atoms with Crippen molar-refractivity contribution >= 4 is 28.3 Å². The lowest BCUT2D eigenvalue weighted by atomic mass is 10.1. The predicted molar refractivity (Wildman–Crippen MR) is 73.6 cm³/mol. The van der Waals surface area contributed by atoms with Gasteiger partial charge in [-0.1, -0.05) is 18.5 Å². The predicted octanol–water partition coefficient (Wildman–Crippen LogP) is 3.05. The zero-order chi connectivity index (χ0) is 13.3. The highest BCUT2D eigenvalue weighted by molar-refractivity contribution is 6.37. The largest absolute Gasteiger partial charge is 0.495 e. The van der Waals surface area contributed by atoms with Crippen molar-refractivity contribution in [2.45, 2.75) is 13.3 Å². The molecule has 0 bridgehead atoms. The molecular formula is C13H15ClN2O2. The normalized spacial score (nSPS) is 10.7. The van der Waals surface area contributed by atoms with Gasteiger partial charge in [0.05, 0.1) is 19.2 Å². The van der Waals surface area contributed by atoms with E-state index in [2.05, 4.69) is 4.98 Å². The van der Waals surface area contributed by atoms with E-state index in [4.69, 9.17) is 26.8 Å². The number of methoxy groups -OCH3 is 2. The lowest BCUT2D eigenvalue weighted by Gasteiger charge is -2.12. The molecule has 0 atom stereocenters. The summed E-state index contributed by atoms with van der Waals surface area (Å²) in [5.41, 5.74) is 7.51. The zero-order valence-electron chi connectivity index (χ0n) is 10.6. The fourth-order valence-electron chi connectivity index (χ4n) is 1.89. The Labute approximate surface area is 111 Å². The monoisotopic (exact) mass is 266 g/mol. The highest BCUT2D eigenvalue weighted by Crippen LogP contribution is 2.39. The van der Waals surface area contributed by atoms with Crippen LogP contribution in [0.1, 0.15) is 12.5 Å². The fourth-order valence-corrected chi connectivity index (χ4v) is 2.17. The van der Waals surface area contributed by atoms with Crippen LogP contribution in [-0.2, 0) is 6.42 Å². The number of fused-ring (bicyclic) bond motifs is 1. The molecule has 1 aromatic heterocycles. The first-order chi connectivity index (χ1) is 8.62. The average Bonchev–Trinajstić information content (AvgIpc) is 2.39. The van der Waals surface area contributed by atoms with E-state index in [1.54, 1.807) is 20.3 Å². The molecule has 0 aliphatic rings. The second-order valence-corrected chi connectivity index (χ2v) is 4.26. The molecule has 1 aromatic carbocycles. The van der Waals surface area contributed by atoms with Crippen LogP contribution < -0.4 is 15.2 Å². The van der Waals surface area contributed by atoms with Crippen molar-refractivity contribution in [2.24, 2.45) is 0 Å². The third-order valence-corrected chi connectivity index (χ3v) is 3.29. The van der Waals surface area contributed by atoms with E-state index in [0.29, 0.717) is 27.9 Å². The Morgan fingerprint density at radius 2 is 1.89 bits per heavy atom. The number of rotatable bonds is 3. The van der Waals surface area contributed by atoms with E-state index in [-0.39, 0.29) is 0 Å². The molecule has 5 heteroatoms. The minimum Gasteiger partial charge on any atom is -0.495 e. The average molecular weight is 267 g/mol. The van der Waals surface area contributed by atoms with Gasteiger partial charge in [-0.25, -0.2) is 4.98 Å².